The van der Waals surface area contributed by atoms with E-state index in [4.69, 9.17) is 21.1 Å². The van der Waals surface area contributed by atoms with E-state index in [0.29, 0.717) is 37.6 Å². The Balaban J connectivity index is 2.19. The fraction of sp³-hybridized carbons (Fsp3) is 0.500. The Bertz CT molecular complexity index is 900. The van der Waals surface area contributed by atoms with Crippen LogP contribution in [0.3, 0.4) is 0 Å². The molecule has 0 bridgehead atoms. The zero-order valence-electron chi connectivity index (χ0n) is 19.5. The van der Waals surface area contributed by atoms with Crippen molar-refractivity contribution in [1.82, 2.24) is 9.80 Å². The van der Waals surface area contributed by atoms with Gasteiger partial charge in [-0.05, 0) is 61.4 Å². The van der Waals surface area contributed by atoms with E-state index >= 15 is 0 Å². The van der Waals surface area contributed by atoms with E-state index in [0.717, 1.165) is 22.4 Å². The minimum atomic E-state index is -0.658. The highest BCUT2D eigenvalue weighted by atomic mass is 35.5. The highest BCUT2D eigenvalue weighted by Crippen LogP contribution is 2.28. The van der Waals surface area contributed by atoms with E-state index in [1.54, 1.807) is 37.4 Å². The Morgan fingerprint density at radius 1 is 1.09 bits per heavy atom. The fourth-order valence-electron chi connectivity index (χ4n) is 3.38. The highest BCUT2D eigenvalue weighted by molar-refractivity contribution is 7.10. The molecule has 0 saturated carbocycles. The molecular formula is C24H33ClN2O4S. The number of nitrogens with zero attached hydrogens (tertiary/aromatic N) is 2. The maximum Gasteiger partial charge on any atom is 0.242 e. The molecule has 1 heterocycles. The molecule has 2 amide bonds. The molecule has 8 heteroatoms. The summed E-state index contributed by atoms with van der Waals surface area (Å²) in [5, 5.41) is 1.37. The van der Waals surface area contributed by atoms with Gasteiger partial charge >= 0.3 is 0 Å². The summed E-state index contributed by atoms with van der Waals surface area (Å²) in [4.78, 5) is 30.3. The lowest BCUT2D eigenvalue weighted by molar-refractivity contribution is -0.140. The average molecular weight is 481 g/mol. The monoisotopic (exact) mass is 480 g/mol. The van der Waals surface area contributed by atoms with Gasteiger partial charge in [0.05, 0.1) is 27.3 Å². The van der Waals surface area contributed by atoms with Gasteiger partial charge in [-0.25, -0.2) is 0 Å². The lowest BCUT2D eigenvalue weighted by Gasteiger charge is -2.28. The molecule has 6 nitrogen and oxygen atoms in total. The maximum atomic E-state index is 13.3. The smallest absolute Gasteiger partial charge is 0.242 e. The molecule has 0 saturated heterocycles. The number of ether oxygens (including phenoxy) is 2. The molecule has 0 spiro atoms. The van der Waals surface area contributed by atoms with E-state index < -0.39 is 5.38 Å². The van der Waals surface area contributed by atoms with Gasteiger partial charge in [-0.1, -0.05) is 13.0 Å². The lowest BCUT2D eigenvalue weighted by atomic mass is 10.1. The predicted molar refractivity (Wildman–Crippen MR) is 130 cm³/mol. The first-order valence-electron chi connectivity index (χ1n) is 10.7. The summed E-state index contributed by atoms with van der Waals surface area (Å²) in [6, 6.07) is 7.83. The maximum absolute atomic E-state index is 13.3. The summed E-state index contributed by atoms with van der Waals surface area (Å²) in [5.41, 5.74) is 2.20. The van der Waals surface area contributed by atoms with Gasteiger partial charge < -0.3 is 19.3 Å². The van der Waals surface area contributed by atoms with Gasteiger partial charge in [0.1, 0.15) is 5.38 Å². The Kier molecular flexibility index (Phi) is 10.3. The van der Waals surface area contributed by atoms with Crippen molar-refractivity contribution < 1.29 is 19.1 Å². The van der Waals surface area contributed by atoms with Crippen LogP contribution in [-0.4, -0.2) is 60.8 Å². The number of benzene rings is 1. The Labute approximate surface area is 200 Å². The second kappa shape index (κ2) is 12.7. The molecule has 176 valence electrons. The van der Waals surface area contributed by atoms with Crippen molar-refractivity contribution in [3.63, 3.8) is 0 Å². The van der Waals surface area contributed by atoms with Crippen molar-refractivity contribution >= 4 is 34.8 Å². The molecule has 0 fully saturated rings. The van der Waals surface area contributed by atoms with E-state index in [9.17, 15) is 9.59 Å². The summed E-state index contributed by atoms with van der Waals surface area (Å²) in [6.45, 7) is 7.24. The molecule has 0 aliphatic rings. The first-order chi connectivity index (χ1) is 15.3. The Morgan fingerprint density at radius 2 is 1.81 bits per heavy atom. The number of alkyl halides is 1. The zero-order chi connectivity index (χ0) is 23.7. The summed E-state index contributed by atoms with van der Waals surface area (Å²) in [5.74, 6) is 1.03. The number of hydrogen-bond acceptors (Lipinski definition) is 5. The summed E-state index contributed by atoms with van der Waals surface area (Å²) in [7, 11) is 3.21. The lowest BCUT2D eigenvalue weighted by Crippen LogP contribution is -2.45. The van der Waals surface area contributed by atoms with Crippen molar-refractivity contribution in [2.75, 3.05) is 33.9 Å². The number of hydrogen-bond donors (Lipinski definition) is 0. The number of methoxy groups -OCH3 is 2. The van der Waals surface area contributed by atoms with Crippen LogP contribution in [0.25, 0.3) is 0 Å². The van der Waals surface area contributed by atoms with Crippen LogP contribution in [0.4, 0.5) is 0 Å². The van der Waals surface area contributed by atoms with Crippen LogP contribution in [0.5, 0.6) is 11.5 Å². The van der Waals surface area contributed by atoms with Gasteiger partial charge in [0, 0.05) is 18.0 Å². The second-order valence-electron chi connectivity index (χ2n) is 7.66. The van der Waals surface area contributed by atoms with Crippen LogP contribution >= 0.6 is 22.9 Å². The first kappa shape index (κ1) is 26.0. The number of amides is 2. The van der Waals surface area contributed by atoms with Crippen LogP contribution in [0.1, 0.15) is 36.3 Å². The van der Waals surface area contributed by atoms with Gasteiger partial charge in [0.2, 0.25) is 11.8 Å². The SMILES string of the molecule is CCCN(CC(=O)N(CCc1ccc(OC)c(OC)c1)Cc1sccc1C)C(=O)C(C)Cl. The van der Waals surface area contributed by atoms with Crippen LogP contribution in [0.15, 0.2) is 29.6 Å². The van der Waals surface area contributed by atoms with E-state index in [-0.39, 0.29) is 18.4 Å². The third-order valence-corrected chi connectivity index (χ3v) is 6.44. The molecule has 1 unspecified atom stereocenters. The molecule has 32 heavy (non-hydrogen) atoms. The van der Waals surface area contributed by atoms with Crippen molar-refractivity contribution in [2.24, 2.45) is 0 Å². The Hall–Kier alpha value is -2.25. The summed E-state index contributed by atoms with van der Waals surface area (Å²) < 4.78 is 10.7. The number of halogens is 1. The highest BCUT2D eigenvalue weighted by Gasteiger charge is 2.24. The minimum absolute atomic E-state index is 0.0279. The van der Waals surface area contributed by atoms with Crippen LogP contribution < -0.4 is 9.47 Å². The van der Waals surface area contributed by atoms with Gasteiger partial charge in [-0.3, -0.25) is 9.59 Å². The zero-order valence-corrected chi connectivity index (χ0v) is 21.1. The molecule has 1 aromatic heterocycles. The second-order valence-corrected chi connectivity index (χ2v) is 9.31. The predicted octanol–water partition coefficient (Wildman–Crippen LogP) is 4.51. The van der Waals surface area contributed by atoms with Crippen molar-refractivity contribution in [1.29, 1.82) is 0 Å². The number of thiophene rings is 1. The van der Waals surface area contributed by atoms with E-state index in [1.165, 1.54) is 0 Å². The fourth-order valence-corrected chi connectivity index (χ4v) is 4.44. The van der Waals surface area contributed by atoms with Gasteiger partial charge in [0.25, 0.3) is 0 Å². The number of carbonyl (C=O) groups is 2. The molecule has 0 aliphatic heterocycles. The van der Waals surface area contributed by atoms with E-state index in [1.807, 2.05) is 42.3 Å². The van der Waals surface area contributed by atoms with Crippen molar-refractivity contribution in [3.8, 4) is 11.5 Å². The summed E-state index contributed by atoms with van der Waals surface area (Å²) >= 11 is 7.65. The van der Waals surface area contributed by atoms with Gasteiger partial charge in [0.15, 0.2) is 11.5 Å². The van der Waals surface area contributed by atoms with Crippen LogP contribution in [-0.2, 0) is 22.6 Å². The van der Waals surface area contributed by atoms with Crippen LogP contribution in [0, 0.1) is 6.92 Å². The molecule has 0 N–H and O–H groups in total. The van der Waals surface area contributed by atoms with Gasteiger partial charge in [-0.15, -0.1) is 22.9 Å². The standard InChI is InChI=1S/C24H33ClN2O4S/c1-6-11-27(24(29)18(3)25)16-23(28)26(15-22-17(2)10-13-32-22)12-9-19-7-8-20(30-4)21(14-19)31-5/h7-8,10,13-14,18H,6,9,11-12,15-16H2,1-5H3. The normalized spacial score (nSPS) is 11.7. The third kappa shape index (κ3) is 7.14. The van der Waals surface area contributed by atoms with Crippen molar-refractivity contribution in [2.45, 2.75) is 45.5 Å². The summed E-state index contributed by atoms with van der Waals surface area (Å²) in [6.07, 6.45) is 1.42. The molecule has 1 aromatic carbocycles. The number of carbonyl (C=O) groups excluding carboxylic acids is 2. The largest absolute Gasteiger partial charge is 0.493 e. The molecule has 2 aromatic rings. The van der Waals surface area contributed by atoms with Crippen LogP contribution in [0.2, 0.25) is 0 Å². The molecule has 0 radical (unpaired) electrons. The topological polar surface area (TPSA) is 59.1 Å². The van der Waals surface area contributed by atoms with Crippen molar-refractivity contribution in [3.05, 3.63) is 45.6 Å². The quantitative estimate of drug-likeness (QED) is 0.419. The van der Waals surface area contributed by atoms with E-state index in [2.05, 4.69) is 6.07 Å². The minimum Gasteiger partial charge on any atom is -0.493 e. The average Bonchev–Trinajstić information content (AvgIpc) is 3.19. The number of aryl methyl sites for hydroxylation is 1. The molecule has 1 atom stereocenters. The molecule has 2 rings (SSSR count). The molecular weight excluding hydrogens is 448 g/mol. The van der Waals surface area contributed by atoms with Gasteiger partial charge in [-0.2, -0.15) is 0 Å². The Morgan fingerprint density at radius 3 is 2.38 bits per heavy atom. The number of rotatable bonds is 12. The molecule has 0 aliphatic carbocycles. The third-order valence-electron chi connectivity index (χ3n) is 5.25. The first-order valence-corrected chi connectivity index (χ1v) is 12.1.